The maximum Gasteiger partial charge on any atom is 0.229 e. The fraction of sp³-hybridized carbons (Fsp3) is 0.579. The first-order chi connectivity index (χ1) is 12.1. The van der Waals surface area contributed by atoms with E-state index >= 15 is 0 Å². The van der Waals surface area contributed by atoms with Crippen molar-refractivity contribution in [2.75, 3.05) is 33.4 Å². The number of carbonyl (C=O) groups excluding carboxylic acids is 2. The van der Waals surface area contributed by atoms with Crippen molar-refractivity contribution in [3.05, 3.63) is 23.8 Å². The third kappa shape index (κ3) is 3.05. The quantitative estimate of drug-likeness (QED) is 0.880. The molecule has 2 fully saturated rings. The smallest absolute Gasteiger partial charge is 0.229 e. The highest BCUT2D eigenvalue weighted by Crippen LogP contribution is 2.38. The van der Waals surface area contributed by atoms with Crippen molar-refractivity contribution >= 4 is 11.8 Å². The molecule has 3 aliphatic rings. The summed E-state index contributed by atoms with van der Waals surface area (Å²) in [6.07, 6.45) is 3.09. The second-order valence-electron chi connectivity index (χ2n) is 7.46. The molecular weight excluding hydrogens is 320 g/mol. The van der Waals surface area contributed by atoms with Crippen LogP contribution in [0.15, 0.2) is 18.2 Å². The van der Waals surface area contributed by atoms with E-state index in [9.17, 15) is 9.59 Å². The molecule has 0 saturated carbocycles. The van der Waals surface area contributed by atoms with Gasteiger partial charge in [0.1, 0.15) is 18.1 Å². The Balaban J connectivity index is 1.40. The Bertz CT molecular complexity index is 695. The van der Waals surface area contributed by atoms with Gasteiger partial charge in [0.25, 0.3) is 0 Å². The number of benzene rings is 1. The summed E-state index contributed by atoms with van der Waals surface area (Å²) in [6, 6.07) is 5.74. The lowest BCUT2D eigenvalue weighted by atomic mass is 9.77. The monoisotopic (exact) mass is 344 g/mol. The molecule has 4 rings (SSSR count). The fourth-order valence-corrected chi connectivity index (χ4v) is 4.22. The van der Waals surface area contributed by atoms with Crippen LogP contribution in [0, 0.1) is 11.3 Å². The number of piperidine rings is 1. The van der Waals surface area contributed by atoms with Crippen molar-refractivity contribution < 1.29 is 19.1 Å². The number of carbonyl (C=O) groups is 2. The van der Waals surface area contributed by atoms with Gasteiger partial charge in [-0.15, -0.1) is 0 Å². The van der Waals surface area contributed by atoms with Gasteiger partial charge in [-0.2, -0.15) is 0 Å². The molecule has 2 saturated heterocycles. The number of fused-ring (bicyclic) bond motifs is 1. The first-order valence-corrected chi connectivity index (χ1v) is 8.94. The van der Waals surface area contributed by atoms with E-state index in [1.165, 1.54) is 0 Å². The zero-order valence-electron chi connectivity index (χ0n) is 14.5. The summed E-state index contributed by atoms with van der Waals surface area (Å²) in [5.41, 5.74) is 1.10. The van der Waals surface area contributed by atoms with Gasteiger partial charge in [0.2, 0.25) is 11.8 Å². The molecule has 1 unspecified atom stereocenters. The summed E-state index contributed by atoms with van der Waals surface area (Å²) >= 11 is 0. The van der Waals surface area contributed by atoms with Gasteiger partial charge in [-0.1, -0.05) is 0 Å². The van der Waals surface area contributed by atoms with Gasteiger partial charge in [-0.05, 0) is 48.4 Å². The van der Waals surface area contributed by atoms with Crippen molar-refractivity contribution in [3.8, 4) is 11.5 Å². The number of amides is 2. The van der Waals surface area contributed by atoms with Crippen molar-refractivity contribution in [1.82, 2.24) is 10.2 Å². The van der Waals surface area contributed by atoms with Gasteiger partial charge in [-0.25, -0.2) is 0 Å². The van der Waals surface area contributed by atoms with E-state index in [-0.39, 0.29) is 23.1 Å². The van der Waals surface area contributed by atoms with E-state index in [1.807, 2.05) is 23.1 Å². The minimum Gasteiger partial charge on any atom is -0.497 e. The number of ether oxygens (including phenoxy) is 2. The summed E-state index contributed by atoms with van der Waals surface area (Å²) in [7, 11) is 1.64. The van der Waals surface area contributed by atoms with Gasteiger partial charge in [-0.3, -0.25) is 9.59 Å². The normalized spacial score (nSPS) is 24.4. The Morgan fingerprint density at radius 1 is 1.36 bits per heavy atom. The molecular formula is C19H24N2O4. The molecule has 0 radical (unpaired) electrons. The lowest BCUT2D eigenvalue weighted by molar-refractivity contribution is -0.139. The van der Waals surface area contributed by atoms with Crippen LogP contribution in [0.2, 0.25) is 0 Å². The highest BCUT2D eigenvalue weighted by Gasteiger charge is 2.42. The Hall–Kier alpha value is -2.24. The minimum atomic E-state index is -0.142. The van der Waals surface area contributed by atoms with Crippen LogP contribution < -0.4 is 14.8 Å². The topological polar surface area (TPSA) is 67.9 Å². The van der Waals surface area contributed by atoms with Crippen LogP contribution in [-0.4, -0.2) is 50.1 Å². The average Bonchev–Trinajstić information content (AvgIpc) is 3.01. The molecule has 25 heavy (non-hydrogen) atoms. The molecule has 1 aromatic carbocycles. The first kappa shape index (κ1) is 16.2. The fourth-order valence-electron chi connectivity index (χ4n) is 4.22. The van der Waals surface area contributed by atoms with Gasteiger partial charge < -0.3 is 19.7 Å². The van der Waals surface area contributed by atoms with Crippen molar-refractivity contribution in [3.63, 3.8) is 0 Å². The average molecular weight is 344 g/mol. The van der Waals surface area contributed by atoms with Gasteiger partial charge in [0.15, 0.2) is 0 Å². The zero-order chi connectivity index (χ0) is 17.4. The van der Waals surface area contributed by atoms with Gasteiger partial charge >= 0.3 is 0 Å². The number of rotatable bonds is 2. The zero-order valence-corrected chi connectivity index (χ0v) is 14.5. The molecule has 2 amide bonds. The van der Waals surface area contributed by atoms with E-state index in [0.717, 1.165) is 49.5 Å². The van der Waals surface area contributed by atoms with Crippen LogP contribution in [0.3, 0.4) is 0 Å². The maximum atomic E-state index is 12.9. The minimum absolute atomic E-state index is 0.0664. The molecule has 1 spiro atoms. The van der Waals surface area contributed by atoms with Crippen LogP contribution in [-0.2, 0) is 16.0 Å². The Labute approximate surface area is 147 Å². The molecule has 1 N–H and O–H groups in total. The molecule has 3 heterocycles. The molecule has 6 heteroatoms. The standard InChI is InChI=1S/C19H24N2O4/c1-24-15-2-3-16-13(9-15)8-14(11-25-16)18(23)21-6-4-19(5-7-21)10-17(22)20-12-19/h2-3,9,14H,4-8,10-12H2,1H3,(H,20,22). The molecule has 0 aliphatic carbocycles. The number of methoxy groups -OCH3 is 1. The van der Waals surface area contributed by atoms with Crippen molar-refractivity contribution in [2.24, 2.45) is 11.3 Å². The Morgan fingerprint density at radius 2 is 2.16 bits per heavy atom. The number of hydrogen-bond donors (Lipinski definition) is 1. The summed E-state index contributed by atoms with van der Waals surface area (Å²) in [6.45, 7) is 2.65. The van der Waals surface area contributed by atoms with Crippen LogP contribution in [0.5, 0.6) is 11.5 Å². The molecule has 0 aromatic heterocycles. The lowest BCUT2D eigenvalue weighted by Crippen LogP contribution is -2.48. The van der Waals surface area contributed by atoms with E-state index in [2.05, 4.69) is 5.32 Å². The van der Waals surface area contributed by atoms with Crippen molar-refractivity contribution in [1.29, 1.82) is 0 Å². The Kier molecular flexibility index (Phi) is 4.06. The third-order valence-corrected chi connectivity index (χ3v) is 5.86. The molecule has 6 nitrogen and oxygen atoms in total. The molecule has 1 aromatic rings. The summed E-state index contributed by atoms with van der Waals surface area (Å²) in [5.74, 6) is 1.80. The SMILES string of the molecule is COc1ccc2c(c1)CC(C(=O)N1CCC3(CC1)CNC(=O)C3)CO2. The number of likely N-dealkylation sites (tertiary alicyclic amines) is 1. The van der Waals surface area contributed by atoms with Gasteiger partial charge in [0.05, 0.1) is 13.0 Å². The predicted octanol–water partition coefficient (Wildman–Crippen LogP) is 1.37. The van der Waals surface area contributed by atoms with E-state index in [4.69, 9.17) is 9.47 Å². The Morgan fingerprint density at radius 3 is 2.84 bits per heavy atom. The number of nitrogens with zero attached hydrogens (tertiary/aromatic N) is 1. The number of hydrogen-bond acceptors (Lipinski definition) is 4. The number of nitrogens with one attached hydrogen (secondary N) is 1. The van der Waals surface area contributed by atoms with E-state index in [0.29, 0.717) is 19.4 Å². The predicted molar refractivity (Wildman–Crippen MR) is 91.6 cm³/mol. The lowest BCUT2D eigenvalue weighted by Gasteiger charge is -2.40. The second kappa shape index (κ2) is 6.24. The van der Waals surface area contributed by atoms with Gasteiger partial charge in [0, 0.05) is 26.1 Å². The molecule has 134 valence electrons. The third-order valence-electron chi connectivity index (χ3n) is 5.86. The first-order valence-electron chi connectivity index (χ1n) is 8.94. The van der Waals surface area contributed by atoms with Crippen LogP contribution in [0.25, 0.3) is 0 Å². The van der Waals surface area contributed by atoms with E-state index < -0.39 is 0 Å². The summed E-state index contributed by atoms with van der Waals surface area (Å²) in [4.78, 5) is 26.4. The van der Waals surface area contributed by atoms with Crippen LogP contribution in [0.4, 0.5) is 0 Å². The van der Waals surface area contributed by atoms with Crippen molar-refractivity contribution in [2.45, 2.75) is 25.7 Å². The van der Waals surface area contributed by atoms with Crippen LogP contribution in [0.1, 0.15) is 24.8 Å². The largest absolute Gasteiger partial charge is 0.497 e. The van der Waals surface area contributed by atoms with E-state index in [1.54, 1.807) is 7.11 Å². The molecule has 1 atom stereocenters. The second-order valence-corrected chi connectivity index (χ2v) is 7.46. The highest BCUT2D eigenvalue weighted by molar-refractivity contribution is 5.81. The summed E-state index contributed by atoms with van der Waals surface area (Å²) in [5, 5.41) is 2.94. The van der Waals surface area contributed by atoms with Crippen LogP contribution >= 0.6 is 0 Å². The maximum absolute atomic E-state index is 12.9. The molecule has 3 aliphatic heterocycles. The molecule has 0 bridgehead atoms. The summed E-state index contributed by atoms with van der Waals surface area (Å²) < 4.78 is 11.1. The highest BCUT2D eigenvalue weighted by atomic mass is 16.5.